The van der Waals surface area contributed by atoms with Crippen LogP contribution in [0.3, 0.4) is 0 Å². The number of nitrogens with one attached hydrogen (secondary N) is 1. The Labute approximate surface area is 167 Å². The average molecular weight is 393 g/mol. The van der Waals surface area contributed by atoms with Gasteiger partial charge < -0.3 is 10.5 Å². The van der Waals surface area contributed by atoms with Gasteiger partial charge in [-0.2, -0.15) is 0 Å². The molecule has 29 heavy (non-hydrogen) atoms. The summed E-state index contributed by atoms with van der Waals surface area (Å²) in [5.41, 5.74) is 0.172. The Bertz CT molecular complexity index is 1160. The first-order chi connectivity index (χ1) is 14.1. The van der Waals surface area contributed by atoms with Crippen molar-refractivity contribution in [1.82, 2.24) is 14.6 Å². The fourth-order valence-electron chi connectivity index (χ4n) is 4.03. The highest BCUT2D eigenvalue weighted by molar-refractivity contribution is 5.97. The molecule has 1 aromatic heterocycles. The van der Waals surface area contributed by atoms with Gasteiger partial charge in [-0.1, -0.05) is 49.6 Å². The first-order valence-corrected chi connectivity index (χ1v) is 9.89. The molecule has 7 nitrogen and oxygen atoms in total. The molecular weight excluding hydrogens is 370 g/mol. The number of benzene rings is 2. The summed E-state index contributed by atoms with van der Waals surface area (Å²) in [6, 6.07) is 14.2. The number of carbonyl (C=O) groups is 1. The number of hydrogen-bond acceptors (Lipinski definition) is 4. The van der Waals surface area contributed by atoms with Crippen molar-refractivity contribution >= 4 is 16.9 Å². The van der Waals surface area contributed by atoms with Crippen LogP contribution in [0.2, 0.25) is 0 Å². The topological polar surface area (TPSA) is 93.3 Å². The number of fused-ring (bicyclic) bond motifs is 1. The van der Waals surface area contributed by atoms with Crippen LogP contribution in [0.1, 0.15) is 54.1 Å². The quantitative estimate of drug-likeness (QED) is 0.527. The van der Waals surface area contributed by atoms with E-state index in [1.54, 1.807) is 12.1 Å². The Morgan fingerprint density at radius 3 is 2.41 bits per heavy atom. The molecule has 1 aliphatic rings. The van der Waals surface area contributed by atoms with Crippen molar-refractivity contribution in [2.75, 3.05) is 0 Å². The summed E-state index contributed by atoms with van der Waals surface area (Å²) >= 11 is 0. The Hall–Kier alpha value is -3.35. The maximum atomic E-state index is 12.6. The number of carbonyl (C=O) groups excluding carboxylic acids is 1. The second kappa shape index (κ2) is 7.95. The molecule has 2 aromatic carbocycles. The van der Waals surface area contributed by atoms with Crippen molar-refractivity contribution in [3.8, 4) is 0 Å². The van der Waals surface area contributed by atoms with Gasteiger partial charge in [0.25, 0.3) is 5.91 Å². The SMILES string of the molecule is O=C(NCc1ccccc1)c1ccc2c(c1)n(O)c(=O)c(=O)n2C1CCCCC1. The lowest BCUT2D eigenvalue weighted by atomic mass is 9.95. The first-order valence-electron chi connectivity index (χ1n) is 9.89. The molecule has 0 aliphatic heterocycles. The zero-order chi connectivity index (χ0) is 20.4. The van der Waals surface area contributed by atoms with Crippen molar-refractivity contribution in [3.05, 3.63) is 80.4 Å². The van der Waals surface area contributed by atoms with E-state index in [1.165, 1.54) is 10.6 Å². The van der Waals surface area contributed by atoms with E-state index in [2.05, 4.69) is 5.32 Å². The standard InChI is InChI=1S/C22H23N3O4/c26-20(23-14-15-7-3-1-4-8-15)16-11-12-18-19(13-16)25(29)22(28)21(27)24(18)17-9-5-2-6-10-17/h1,3-4,7-8,11-13,17,29H,2,5-6,9-10,14H2,(H,23,26). The zero-order valence-corrected chi connectivity index (χ0v) is 16.0. The maximum absolute atomic E-state index is 12.6. The van der Waals surface area contributed by atoms with E-state index in [-0.39, 0.29) is 17.5 Å². The molecule has 1 fully saturated rings. The monoisotopic (exact) mass is 393 g/mol. The Morgan fingerprint density at radius 1 is 0.966 bits per heavy atom. The molecule has 1 aliphatic carbocycles. The third-order valence-electron chi connectivity index (χ3n) is 5.56. The Morgan fingerprint density at radius 2 is 1.69 bits per heavy atom. The number of aromatic nitrogens is 2. The molecule has 1 saturated carbocycles. The summed E-state index contributed by atoms with van der Waals surface area (Å²) < 4.78 is 1.85. The molecule has 7 heteroatoms. The van der Waals surface area contributed by atoms with Gasteiger partial charge in [0, 0.05) is 18.2 Å². The number of nitrogens with zero attached hydrogens (tertiary/aromatic N) is 2. The molecule has 0 spiro atoms. The molecule has 150 valence electrons. The van der Waals surface area contributed by atoms with Crippen LogP contribution >= 0.6 is 0 Å². The summed E-state index contributed by atoms with van der Waals surface area (Å²) in [6.45, 7) is 0.366. The van der Waals surface area contributed by atoms with Crippen molar-refractivity contribution in [1.29, 1.82) is 0 Å². The minimum atomic E-state index is -0.995. The van der Waals surface area contributed by atoms with E-state index in [4.69, 9.17) is 0 Å². The highest BCUT2D eigenvalue weighted by atomic mass is 16.5. The Balaban J connectivity index is 1.71. The van der Waals surface area contributed by atoms with Gasteiger partial charge in [0.15, 0.2) is 0 Å². The van der Waals surface area contributed by atoms with Crippen LogP contribution in [0, 0.1) is 0 Å². The van der Waals surface area contributed by atoms with Crippen LogP contribution in [0.25, 0.3) is 11.0 Å². The van der Waals surface area contributed by atoms with E-state index in [9.17, 15) is 19.6 Å². The van der Waals surface area contributed by atoms with Crippen molar-refractivity contribution in [2.45, 2.75) is 44.7 Å². The van der Waals surface area contributed by atoms with E-state index in [1.807, 2.05) is 30.3 Å². The largest absolute Gasteiger partial charge is 0.425 e. The number of rotatable bonds is 4. The summed E-state index contributed by atoms with van der Waals surface area (Å²) in [5.74, 6) is -0.321. The van der Waals surface area contributed by atoms with Crippen LogP contribution in [0.5, 0.6) is 0 Å². The van der Waals surface area contributed by atoms with Crippen LogP contribution in [-0.2, 0) is 6.54 Å². The summed E-state index contributed by atoms with van der Waals surface area (Å²) in [7, 11) is 0. The third-order valence-corrected chi connectivity index (χ3v) is 5.56. The first kappa shape index (κ1) is 19.0. The van der Waals surface area contributed by atoms with E-state index < -0.39 is 11.1 Å². The summed E-state index contributed by atoms with van der Waals surface area (Å²) in [6.07, 6.45) is 4.76. The fourth-order valence-corrected chi connectivity index (χ4v) is 4.03. The summed E-state index contributed by atoms with van der Waals surface area (Å²) in [5, 5.41) is 13.1. The second-order valence-corrected chi connectivity index (χ2v) is 7.46. The zero-order valence-electron chi connectivity index (χ0n) is 16.0. The van der Waals surface area contributed by atoms with Gasteiger partial charge in [-0.25, -0.2) is 0 Å². The van der Waals surface area contributed by atoms with Crippen molar-refractivity contribution in [3.63, 3.8) is 0 Å². The molecule has 2 N–H and O–H groups in total. The van der Waals surface area contributed by atoms with Crippen LogP contribution < -0.4 is 16.4 Å². The lowest BCUT2D eigenvalue weighted by Crippen LogP contribution is -2.42. The van der Waals surface area contributed by atoms with E-state index in [0.717, 1.165) is 37.7 Å². The lowest BCUT2D eigenvalue weighted by molar-refractivity contribution is 0.0951. The predicted octanol–water partition coefficient (Wildman–Crippen LogP) is 2.84. The fraction of sp³-hybridized carbons (Fsp3) is 0.318. The normalized spacial score (nSPS) is 14.8. The van der Waals surface area contributed by atoms with E-state index >= 15 is 0 Å². The van der Waals surface area contributed by atoms with Gasteiger partial charge in [0.05, 0.1) is 5.52 Å². The maximum Gasteiger partial charge on any atom is 0.349 e. The molecule has 1 amide bonds. The number of hydrogen-bond donors (Lipinski definition) is 2. The average Bonchev–Trinajstić information content (AvgIpc) is 2.77. The van der Waals surface area contributed by atoms with E-state index in [0.29, 0.717) is 22.4 Å². The highest BCUT2D eigenvalue weighted by Crippen LogP contribution is 2.29. The second-order valence-electron chi connectivity index (χ2n) is 7.46. The highest BCUT2D eigenvalue weighted by Gasteiger charge is 2.22. The molecule has 0 bridgehead atoms. The third kappa shape index (κ3) is 3.68. The van der Waals surface area contributed by atoms with Gasteiger partial charge >= 0.3 is 11.1 Å². The van der Waals surface area contributed by atoms with Crippen LogP contribution in [0.15, 0.2) is 58.1 Å². The van der Waals surface area contributed by atoms with Crippen LogP contribution in [-0.4, -0.2) is 20.4 Å². The molecule has 3 aromatic rings. The number of amides is 1. The molecular formula is C22H23N3O4. The minimum absolute atomic E-state index is 0.0644. The summed E-state index contributed by atoms with van der Waals surface area (Å²) in [4.78, 5) is 37.5. The molecule has 4 rings (SSSR count). The molecule has 0 atom stereocenters. The molecule has 0 unspecified atom stereocenters. The Kier molecular flexibility index (Phi) is 5.20. The van der Waals surface area contributed by atoms with Gasteiger partial charge in [0.2, 0.25) is 0 Å². The lowest BCUT2D eigenvalue weighted by Gasteiger charge is -2.25. The van der Waals surface area contributed by atoms with Crippen molar-refractivity contribution in [2.24, 2.45) is 0 Å². The van der Waals surface area contributed by atoms with Gasteiger partial charge in [-0.3, -0.25) is 19.0 Å². The molecule has 0 radical (unpaired) electrons. The molecule has 1 heterocycles. The predicted molar refractivity (Wildman–Crippen MR) is 109 cm³/mol. The van der Waals surface area contributed by atoms with Crippen molar-refractivity contribution < 1.29 is 10.0 Å². The minimum Gasteiger partial charge on any atom is -0.425 e. The smallest absolute Gasteiger partial charge is 0.349 e. The van der Waals surface area contributed by atoms with Gasteiger partial charge in [-0.05, 0) is 36.6 Å². The van der Waals surface area contributed by atoms with Crippen LogP contribution in [0.4, 0.5) is 0 Å². The van der Waals surface area contributed by atoms with Gasteiger partial charge in [-0.15, -0.1) is 4.73 Å². The molecule has 0 saturated heterocycles. The van der Waals surface area contributed by atoms with Gasteiger partial charge in [0.1, 0.15) is 5.52 Å².